The third-order valence-corrected chi connectivity index (χ3v) is 3.45. The van der Waals surface area contributed by atoms with Gasteiger partial charge in [0, 0.05) is 22.8 Å². The van der Waals surface area contributed by atoms with Crippen LogP contribution in [0.5, 0.6) is 0 Å². The van der Waals surface area contributed by atoms with Crippen LogP contribution in [0, 0.1) is 0 Å². The smallest absolute Gasteiger partial charge is 0.152 e. The number of anilines is 2. The Morgan fingerprint density at radius 2 is 1.90 bits per heavy atom. The molecule has 0 heterocycles. The minimum atomic E-state index is 0.642. The molecule has 0 atom stereocenters. The third-order valence-electron chi connectivity index (χ3n) is 3.21. The van der Waals surface area contributed by atoms with Crippen molar-refractivity contribution in [3.63, 3.8) is 0 Å². The van der Waals surface area contributed by atoms with Crippen molar-refractivity contribution in [1.29, 1.82) is 0 Å². The molecule has 0 N–H and O–H groups in total. The second-order valence-electron chi connectivity index (χ2n) is 4.66. The second kappa shape index (κ2) is 7.11. The summed E-state index contributed by atoms with van der Waals surface area (Å²) >= 11 is 6.10. The van der Waals surface area contributed by atoms with Crippen LogP contribution in [0.25, 0.3) is 0 Å². The normalized spacial score (nSPS) is 10.3. The Hall–Kier alpha value is -1.80. The quantitative estimate of drug-likeness (QED) is 0.690. The molecule has 0 fully saturated rings. The van der Waals surface area contributed by atoms with E-state index in [4.69, 9.17) is 11.6 Å². The molecular formula is C17H18ClNO. The van der Waals surface area contributed by atoms with Crippen LogP contribution in [0.3, 0.4) is 0 Å². The van der Waals surface area contributed by atoms with Gasteiger partial charge in [0.2, 0.25) is 0 Å². The lowest BCUT2D eigenvalue weighted by molar-refractivity contribution is 0.112. The summed E-state index contributed by atoms with van der Waals surface area (Å²) in [7, 11) is 0. The van der Waals surface area contributed by atoms with Crippen LogP contribution >= 0.6 is 11.6 Å². The van der Waals surface area contributed by atoms with Crippen molar-refractivity contribution < 1.29 is 4.79 Å². The molecule has 2 aromatic carbocycles. The molecule has 0 aromatic heterocycles. The molecular weight excluding hydrogens is 270 g/mol. The summed E-state index contributed by atoms with van der Waals surface area (Å²) in [6.07, 6.45) is 3.04. The van der Waals surface area contributed by atoms with Gasteiger partial charge in [0.15, 0.2) is 6.29 Å². The Morgan fingerprint density at radius 3 is 2.55 bits per heavy atom. The van der Waals surface area contributed by atoms with Crippen LogP contribution in [-0.4, -0.2) is 12.8 Å². The van der Waals surface area contributed by atoms with Crippen molar-refractivity contribution in [3.8, 4) is 0 Å². The first-order valence-corrected chi connectivity index (χ1v) is 7.21. The Labute approximate surface area is 125 Å². The SMILES string of the molecule is CCCCN(c1ccccc1)c1cc(Cl)ccc1C=O. The zero-order valence-electron chi connectivity index (χ0n) is 11.6. The van der Waals surface area contributed by atoms with Gasteiger partial charge in [0.25, 0.3) is 0 Å². The Balaban J connectivity index is 2.46. The maximum absolute atomic E-state index is 11.3. The Morgan fingerprint density at radius 1 is 1.15 bits per heavy atom. The molecule has 0 aliphatic rings. The maximum Gasteiger partial charge on any atom is 0.152 e. The molecule has 0 amide bonds. The number of carbonyl (C=O) groups is 1. The molecule has 0 radical (unpaired) electrons. The van der Waals surface area contributed by atoms with Gasteiger partial charge < -0.3 is 4.90 Å². The van der Waals surface area contributed by atoms with Gasteiger partial charge in [-0.1, -0.05) is 43.1 Å². The van der Waals surface area contributed by atoms with E-state index in [-0.39, 0.29) is 0 Å². The first kappa shape index (κ1) is 14.6. The number of halogens is 1. The molecule has 0 spiro atoms. The van der Waals surface area contributed by atoms with Gasteiger partial charge >= 0.3 is 0 Å². The summed E-state index contributed by atoms with van der Waals surface area (Å²) in [6.45, 7) is 3.02. The third kappa shape index (κ3) is 3.40. The van der Waals surface area contributed by atoms with Gasteiger partial charge in [0.1, 0.15) is 0 Å². The first-order valence-electron chi connectivity index (χ1n) is 6.83. The summed E-state index contributed by atoms with van der Waals surface area (Å²) in [6, 6.07) is 15.5. The van der Waals surface area contributed by atoms with Crippen molar-refractivity contribution >= 4 is 29.3 Å². The Bertz CT molecular complexity index is 568. The average molecular weight is 288 g/mol. The summed E-state index contributed by atoms with van der Waals surface area (Å²) in [5.74, 6) is 0. The van der Waals surface area contributed by atoms with E-state index in [1.54, 1.807) is 12.1 Å². The summed E-state index contributed by atoms with van der Waals surface area (Å²) < 4.78 is 0. The van der Waals surface area contributed by atoms with Crippen LogP contribution in [0.1, 0.15) is 30.1 Å². The lowest BCUT2D eigenvalue weighted by Gasteiger charge is -2.26. The maximum atomic E-state index is 11.3. The van der Waals surface area contributed by atoms with Gasteiger partial charge in [-0.05, 0) is 36.8 Å². The molecule has 0 aliphatic heterocycles. The minimum Gasteiger partial charge on any atom is -0.341 e. The molecule has 0 saturated carbocycles. The van der Waals surface area contributed by atoms with Gasteiger partial charge in [-0.3, -0.25) is 4.79 Å². The fraction of sp³-hybridized carbons (Fsp3) is 0.235. The topological polar surface area (TPSA) is 20.3 Å². The van der Waals surface area contributed by atoms with E-state index < -0.39 is 0 Å². The predicted molar refractivity (Wildman–Crippen MR) is 85.2 cm³/mol. The molecule has 0 bridgehead atoms. The van der Waals surface area contributed by atoms with E-state index in [2.05, 4.69) is 11.8 Å². The second-order valence-corrected chi connectivity index (χ2v) is 5.10. The highest BCUT2D eigenvalue weighted by atomic mass is 35.5. The van der Waals surface area contributed by atoms with Gasteiger partial charge in [-0.2, -0.15) is 0 Å². The first-order chi connectivity index (χ1) is 9.76. The summed E-state index contributed by atoms with van der Waals surface area (Å²) in [4.78, 5) is 13.4. The van der Waals surface area contributed by atoms with Crippen molar-refractivity contribution in [2.75, 3.05) is 11.4 Å². The van der Waals surface area contributed by atoms with Crippen LogP contribution in [0.2, 0.25) is 5.02 Å². The molecule has 0 aliphatic carbocycles. The molecule has 0 saturated heterocycles. The number of unbranched alkanes of at least 4 members (excludes halogenated alkanes) is 1. The van der Waals surface area contributed by atoms with Crippen molar-refractivity contribution in [2.45, 2.75) is 19.8 Å². The van der Waals surface area contributed by atoms with E-state index >= 15 is 0 Å². The number of aldehydes is 1. The number of rotatable bonds is 6. The van der Waals surface area contributed by atoms with E-state index in [0.29, 0.717) is 10.6 Å². The van der Waals surface area contributed by atoms with E-state index in [1.807, 2.05) is 36.4 Å². The molecule has 2 nitrogen and oxygen atoms in total. The molecule has 104 valence electrons. The van der Waals surface area contributed by atoms with Gasteiger partial charge in [-0.15, -0.1) is 0 Å². The van der Waals surface area contributed by atoms with Gasteiger partial charge in [-0.25, -0.2) is 0 Å². The fourth-order valence-corrected chi connectivity index (χ4v) is 2.33. The molecule has 0 unspecified atom stereocenters. The van der Waals surface area contributed by atoms with Crippen LogP contribution in [-0.2, 0) is 0 Å². The minimum absolute atomic E-state index is 0.642. The molecule has 20 heavy (non-hydrogen) atoms. The highest BCUT2D eigenvalue weighted by Crippen LogP contribution is 2.30. The number of hydrogen-bond acceptors (Lipinski definition) is 2. The predicted octanol–water partition coefficient (Wildman–Crippen LogP) is 5.09. The number of para-hydroxylation sites is 1. The van der Waals surface area contributed by atoms with Crippen LogP contribution in [0.15, 0.2) is 48.5 Å². The average Bonchev–Trinajstić information content (AvgIpc) is 2.49. The highest BCUT2D eigenvalue weighted by Gasteiger charge is 2.13. The molecule has 2 rings (SSSR count). The largest absolute Gasteiger partial charge is 0.341 e. The number of nitrogens with zero attached hydrogens (tertiary/aromatic N) is 1. The monoisotopic (exact) mass is 287 g/mol. The zero-order chi connectivity index (χ0) is 14.4. The lowest BCUT2D eigenvalue weighted by Crippen LogP contribution is -2.19. The summed E-state index contributed by atoms with van der Waals surface area (Å²) in [5, 5.41) is 0.642. The highest BCUT2D eigenvalue weighted by molar-refractivity contribution is 6.31. The number of carbonyl (C=O) groups excluding carboxylic acids is 1. The number of benzene rings is 2. The fourth-order valence-electron chi connectivity index (χ4n) is 2.16. The zero-order valence-corrected chi connectivity index (χ0v) is 12.3. The molecule has 2 aromatic rings. The van der Waals surface area contributed by atoms with Crippen molar-refractivity contribution in [1.82, 2.24) is 0 Å². The van der Waals surface area contributed by atoms with Crippen molar-refractivity contribution in [2.24, 2.45) is 0 Å². The van der Waals surface area contributed by atoms with Crippen molar-refractivity contribution in [3.05, 3.63) is 59.1 Å². The van der Waals surface area contributed by atoms with Crippen LogP contribution in [0.4, 0.5) is 11.4 Å². The molecule has 3 heteroatoms. The van der Waals surface area contributed by atoms with E-state index in [9.17, 15) is 4.79 Å². The summed E-state index contributed by atoms with van der Waals surface area (Å²) in [5.41, 5.74) is 2.60. The Kier molecular flexibility index (Phi) is 5.19. The van der Waals surface area contributed by atoms with Gasteiger partial charge in [0.05, 0.1) is 5.69 Å². The van der Waals surface area contributed by atoms with E-state index in [0.717, 1.165) is 37.0 Å². The number of hydrogen-bond donors (Lipinski definition) is 0. The van der Waals surface area contributed by atoms with E-state index in [1.165, 1.54) is 0 Å². The standard InChI is InChI=1S/C17H18ClNO/c1-2-3-11-19(16-7-5-4-6-8-16)17-12-15(18)10-9-14(17)13-20/h4-10,12-13H,2-3,11H2,1H3. The van der Waals surface area contributed by atoms with Crippen LogP contribution < -0.4 is 4.90 Å². The lowest BCUT2D eigenvalue weighted by atomic mass is 10.1.